The van der Waals surface area contributed by atoms with Gasteiger partial charge in [-0.3, -0.25) is 4.79 Å². The van der Waals surface area contributed by atoms with E-state index >= 15 is 0 Å². The number of amides is 2. The zero-order chi connectivity index (χ0) is 20.3. The average molecular weight is 382 g/mol. The van der Waals surface area contributed by atoms with Crippen LogP contribution in [-0.4, -0.2) is 48.8 Å². The molecule has 3 atom stereocenters. The smallest absolute Gasteiger partial charge is 0.416 e. The molecular weight excluding hydrogens is 356 g/mol. The van der Waals surface area contributed by atoms with Crippen LogP contribution < -0.4 is 4.90 Å². The average Bonchev–Trinajstić information content (AvgIpc) is 3.07. The van der Waals surface area contributed by atoms with Crippen molar-refractivity contribution >= 4 is 17.7 Å². The van der Waals surface area contributed by atoms with Gasteiger partial charge in [0.25, 0.3) is 0 Å². The molecule has 28 heavy (non-hydrogen) atoms. The predicted octanol–water partition coefficient (Wildman–Crippen LogP) is 3.01. The van der Waals surface area contributed by atoms with Crippen molar-refractivity contribution in [2.75, 3.05) is 25.6 Å². The monoisotopic (exact) mass is 382 g/mol. The molecule has 2 aromatic carbocycles. The van der Waals surface area contributed by atoms with Crippen molar-refractivity contribution in [3.05, 3.63) is 65.7 Å². The van der Waals surface area contributed by atoms with Gasteiger partial charge in [0.2, 0.25) is 5.91 Å². The highest BCUT2D eigenvalue weighted by atomic mass is 16.6. The molecule has 0 saturated carbocycles. The molecule has 2 amide bonds. The first kappa shape index (κ1) is 19.9. The third kappa shape index (κ3) is 4.17. The summed E-state index contributed by atoms with van der Waals surface area (Å²) in [6.07, 6.45) is -1.12. The van der Waals surface area contributed by atoms with Crippen LogP contribution in [0.2, 0.25) is 0 Å². The summed E-state index contributed by atoms with van der Waals surface area (Å²) in [7, 11) is 3.87. The number of hydrogen-bond donors (Lipinski definition) is 1. The number of carbonyl (C=O) groups is 2. The normalized spacial score (nSPS) is 18.5. The number of imide groups is 1. The summed E-state index contributed by atoms with van der Waals surface area (Å²) in [5.41, 5.74) is 2.66. The van der Waals surface area contributed by atoms with Gasteiger partial charge in [-0.2, -0.15) is 0 Å². The molecule has 1 saturated heterocycles. The number of nitrogens with zero attached hydrogens (tertiary/aromatic N) is 2. The SMILES string of the molecule is C[C@H](C(=O)N1C(=O)OC[C@@H]1Cc1ccccc1)[C@@H](O)c1ccc(N(C)C)cc1. The maximum atomic E-state index is 13.0. The molecule has 148 valence electrons. The Morgan fingerprint density at radius 1 is 1.18 bits per heavy atom. The molecule has 0 radical (unpaired) electrons. The molecule has 2 aromatic rings. The third-order valence-electron chi connectivity index (χ3n) is 5.13. The van der Waals surface area contributed by atoms with Gasteiger partial charge in [0.15, 0.2) is 0 Å². The number of cyclic esters (lactones) is 1. The van der Waals surface area contributed by atoms with Gasteiger partial charge in [-0.05, 0) is 29.7 Å². The summed E-state index contributed by atoms with van der Waals surface area (Å²) in [6, 6.07) is 16.7. The lowest BCUT2D eigenvalue weighted by atomic mass is 9.95. The van der Waals surface area contributed by atoms with Gasteiger partial charge < -0.3 is 14.7 Å². The molecule has 0 aliphatic carbocycles. The quantitative estimate of drug-likeness (QED) is 0.832. The summed E-state index contributed by atoms with van der Waals surface area (Å²) < 4.78 is 5.13. The summed E-state index contributed by atoms with van der Waals surface area (Å²) >= 11 is 0. The number of aliphatic hydroxyl groups is 1. The van der Waals surface area contributed by atoms with Crippen LogP contribution in [0.25, 0.3) is 0 Å². The predicted molar refractivity (Wildman–Crippen MR) is 107 cm³/mol. The summed E-state index contributed by atoms with van der Waals surface area (Å²) in [5.74, 6) is -1.19. The van der Waals surface area contributed by atoms with Crippen molar-refractivity contribution in [1.29, 1.82) is 0 Å². The van der Waals surface area contributed by atoms with E-state index in [1.165, 1.54) is 0 Å². The Balaban J connectivity index is 1.73. The largest absolute Gasteiger partial charge is 0.447 e. The Morgan fingerprint density at radius 3 is 2.43 bits per heavy atom. The van der Waals surface area contributed by atoms with Crippen LogP contribution in [0, 0.1) is 5.92 Å². The lowest BCUT2D eigenvalue weighted by molar-refractivity contribution is -0.136. The van der Waals surface area contributed by atoms with Crippen molar-refractivity contribution in [2.45, 2.75) is 25.5 Å². The topological polar surface area (TPSA) is 70.1 Å². The first-order valence-electron chi connectivity index (χ1n) is 9.37. The van der Waals surface area contributed by atoms with E-state index < -0.39 is 24.0 Å². The zero-order valence-corrected chi connectivity index (χ0v) is 16.4. The third-order valence-corrected chi connectivity index (χ3v) is 5.13. The minimum Gasteiger partial charge on any atom is -0.447 e. The van der Waals surface area contributed by atoms with Crippen molar-refractivity contribution in [3.8, 4) is 0 Å². The Bertz CT molecular complexity index is 820. The summed E-state index contributed by atoms with van der Waals surface area (Å²) in [6.45, 7) is 1.80. The molecule has 6 nitrogen and oxygen atoms in total. The van der Waals surface area contributed by atoms with Crippen molar-refractivity contribution < 1.29 is 19.4 Å². The first-order valence-corrected chi connectivity index (χ1v) is 9.37. The van der Waals surface area contributed by atoms with Crippen LogP contribution in [0.15, 0.2) is 54.6 Å². The highest BCUT2D eigenvalue weighted by molar-refractivity contribution is 5.95. The number of ether oxygens (including phenoxy) is 1. The van der Waals surface area contributed by atoms with E-state index in [0.29, 0.717) is 12.0 Å². The molecule has 0 aromatic heterocycles. The maximum Gasteiger partial charge on any atom is 0.416 e. The number of benzene rings is 2. The molecule has 0 spiro atoms. The van der Waals surface area contributed by atoms with E-state index in [4.69, 9.17) is 4.74 Å². The minimum absolute atomic E-state index is 0.166. The van der Waals surface area contributed by atoms with Crippen LogP contribution in [0.1, 0.15) is 24.2 Å². The van der Waals surface area contributed by atoms with Crippen molar-refractivity contribution in [2.24, 2.45) is 5.92 Å². The second-order valence-electron chi connectivity index (χ2n) is 7.35. The van der Waals surface area contributed by atoms with Crippen molar-refractivity contribution in [1.82, 2.24) is 4.90 Å². The van der Waals surface area contributed by atoms with E-state index in [-0.39, 0.29) is 12.6 Å². The molecule has 1 heterocycles. The number of aliphatic hydroxyl groups excluding tert-OH is 1. The lowest BCUT2D eigenvalue weighted by Gasteiger charge is -2.26. The number of anilines is 1. The molecule has 1 fully saturated rings. The number of carbonyl (C=O) groups excluding carboxylic acids is 2. The first-order chi connectivity index (χ1) is 13.4. The molecular formula is C22H26N2O4. The van der Waals surface area contributed by atoms with Gasteiger partial charge in [0, 0.05) is 19.8 Å². The van der Waals surface area contributed by atoms with Gasteiger partial charge in [-0.15, -0.1) is 0 Å². The van der Waals surface area contributed by atoms with Crippen molar-refractivity contribution in [3.63, 3.8) is 0 Å². The summed E-state index contributed by atoms with van der Waals surface area (Å²) in [4.78, 5) is 28.3. The number of rotatable bonds is 6. The molecule has 1 aliphatic heterocycles. The van der Waals surface area contributed by atoms with E-state index in [1.807, 2.05) is 61.5 Å². The fourth-order valence-electron chi connectivity index (χ4n) is 3.38. The molecule has 1 N–H and O–H groups in total. The van der Waals surface area contributed by atoms with Gasteiger partial charge in [0.05, 0.1) is 18.1 Å². The molecule has 6 heteroatoms. The lowest BCUT2D eigenvalue weighted by Crippen LogP contribution is -2.44. The highest BCUT2D eigenvalue weighted by Crippen LogP contribution is 2.28. The van der Waals surface area contributed by atoms with Gasteiger partial charge in [-0.25, -0.2) is 9.69 Å². The second kappa shape index (κ2) is 8.44. The van der Waals surface area contributed by atoms with Gasteiger partial charge in [0.1, 0.15) is 6.61 Å². The van der Waals surface area contributed by atoms with Crippen LogP contribution in [0.5, 0.6) is 0 Å². The van der Waals surface area contributed by atoms with Crippen LogP contribution in [-0.2, 0) is 16.0 Å². The van der Waals surface area contributed by atoms with E-state index in [0.717, 1.165) is 16.2 Å². The van der Waals surface area contributed by atoms with E-state index in [1.54, 1.807) is 19.1 Å². The van der Waals surface area contributed by atoms with Crippen LogP contribution in [0.4, 0.5) is 10.5 Å². The molecule has 0 bridgehead atoms. The number of hydrogen-bond acceptors (Lipinski definition) is 5. The van der Waals surface area contributed by atoms with Crippen LogP contribution in [0.3, 0.4) is 0 Å². The molecule has 0 unspecified atom stereocenters. The standard InChI is InChI=1S/C22H26N2O4/c1-15(20(25)17-9-11-18(12-10-17)23(2)3)21(26)24-19(14-28-22(24)27)13-16-7-5-4-6-8-16/h4-12,15,19-20,25H,13-14H2,1-3H3/t15-,19-,20+/m0/s1. The zero-order valence-electron chi connectivity index (χ0n) is 16.4. The fraction of sp³-hybridized carbons (Fsp3) is 0.364. The Labute approximate surface area is 165 Å². The second-order valence-corrected chi connectivity index (χ2v) is 7.35. The van der Waals surface area contributed by atoms with Gasteiger partial charge in [-0.1, -0.05) is 49.4 Å². The summed E-state index contributed by atoms with van der Waals surface area (Å²) in [5, 5.41) is 10.7. The van der Waals surface area contributed by atoms with E-state index in [9.17, 15) is 14.7 Å². The minimum atomic E-state index is -1.01. The van der Waals surface area contributed by atoms with Gasteiger partial charge >= 0.3 is 6.09 Å². The molecule has 1 aliphatic rings. The Morgan fingerprint density at radius 2 is 1.82 bits per heavy atom. The van der Waals surface area contributed by atoms with Crippen LogP contribution >= 0.6 is 0 Å². The maximum absolute atomic E-state index is 13.0. The Hall–Kier alpha value is -2.86. The fourth-order valence-corrected chi connectivity index (χ4v) is 3.38. The molecule has 3 rings (SSSR count). The Kier molecular flexibility index (Phi) is 5.99. The van der Waals surface area contributed by atoms with E-state index in [2.05, 4.69) is 0 Å². The highest BCUT2D eigenvalue weighted by Gasteiger charge is 2.41.